The summed E-state index contributed by atoms with van der Waals surface area (Å²) in [5, 5.41) is 2.68. The second-order valence-electron chi connectivity index (χ2n) is 5.92. The number of pyridine rings is 1. The van der Waals surface area contributed by atoms with Gasteiger partial charge in [-0.2, -0.15) is 0 Å². The number of thiazole rings is 1. The zero-order valence-electron chi connectivity index (χ0n) is 14.2. The summed E-state index contributed by atoms with van der Waals surface area (Å²) < 4.78 is 35.4. The molecule has 0 bridgehead atoms. The van der Waals surface area contributed by atoms with E-state index < -0.39 is 6.29 Å². The minimum absolute atomic E-state index is 0.00303. The topological polar surface area (TPSA) is 73.3 Å². The van der Waals surface area contributed by atoms with Crippen LogP contribution in [0.5, 0.6) is 11.5 Å². The number of fused-ring (bicyclic) bond motifs is 1. The van der Waals surface area contributed by atoms with Gasteiger partial charge in [0.25, 0.3) is 5.91 Å². The van der Waals surface area contributed by atoms with Crippen molar-refractivity contribution in [2.45, 2.75) is 20.1 Å². The molecule has 0 unspecified atom stereocenters. The summed E-state index contributed by atoms with van der Waals surface area (Å²) in [5.41, 5.74) is 4.06. The number of nitrogens with zero attached hydrogens (tertiary/aromatic N) is 2. The highest BCUT2D eigenvalue weighted by Crippen LogP contribution is 2.44. The number of benzene rings is 1. The van der Waals surface area contributed by atoms with E-state index in [9.17, 15) is 13.6 Å². The Balaban J connectivity index is 1.57. The van der Waals surface area contributed by atoms with Gasteiger partial charge in [0, 0.05) is 16.6 Å². The van der Waals surface area contributed by atoms with Crippen LogP contribution in [0.15, 0.2) is 36.0 Å². The van der Waals surface area contributed by atoms with Crippen molar-refractivity contribution in [3.8, 4) is 22.6 Å². The van der Waals surface area contributed by atoms with Crippen molar-refractivity contribution in [2.75, 3.05) is 5.32 Å². The SMILES string of the molecule is Cc1cc2c(cc1-c1ccc(NC(=O)c3ncsc3C)nc1)OC(F)(F)O2. The molecule has 0 radical (unpaired) electrons. The molecular weight excluding hydrogens is 376 g/mol. The number of carbonyl (C=O) groups is 1. The van der Waals surface area contributed by atoms with Gasteiger partial charge >= 0.3 is 6.29 Å². The van der Waals surface area contributed by atoms with Crippen molar-refractivity contribution in [3.05, 3.63) is 52.1 Å². The number of hydrogen-bond acceptors (Lipinski definition) is 6. The molecule has 0 atom stereocenters. The molecule has 3 heterocycles. The third kappa shape index (κ3) is 3.33. The van der Waals surface area contributed by atoms with E-state index in [2.05, 4.69) is 24.8 Å². The summed E-state index contributed by atoms with van der Waals surface area (Å²) in [7, 11) is 0. The minimum Gasteiger partial charge on any atom is -0.395 e. The van der Waals surface area contributed by atoms with Crippen LogP contribution in [0.1, 0.15) is 20.9 Å². The van der Waals surface area contributed by atoms with E-state index in [-0.39, 0.29) is 17.4 Å². The van der Waals surface area contributed by atoms with Crippen molar-refractivity contribution in [2.24, 2.45) is 0 Å². The summed E-state index contributed by atoms with van der Waals surface area (Å²) >= 11 is 1.39. The van der Waals surface area contributed by atoms with E-state index >= 15 is 0 Å². The zero-order chi connectivity index (χ0) is 19.2. The molecule has 1 amide bonds. The second-order valence-corrected chi connectivity index (χ2v) is 6.98. The number of alkyl halides is 2. The van der Waals surface area contributed by atoms with E-state index in [0.29, 0.717) is 22.6 Å². The minimum atomic E-state index is -3.66. The zero-order valence-corrected chi connectivity index (χ0v) is 15.1. The van der Waals surface area contributed by atoms with Crippen molar-refractivity contribution in [3.63, 3.8) is 0 Å². The van der Waals surface area contributed by atoms with Gasteiger partial charge in [-0.3, -0.25) is 4.79 Å². The van der Waals surface area contributed by atoms with Crippen molar-refractivity contribution in [1.82, 2.24) is 9.97 Å². The first-order valence-corrected chi connectivity index (χ1v) is 8.79. The van der Waals surface area contributed by atoms with Crippen molar-refractivity contribution < 1.29 is 23.0 Å². The number of nitrogens with one attached hydrogen (secondary N) is 1. The summed E-state index contributed by atoms with van der Waals surface area (Å²) in [5.74, 6) is -0.00900. The first-order chi connectivity index (χ1) is 12.8. The van der Waals surface area contributed by atoms with Gasteiger partial charge in [-0.05, 0) is 49.2 Å². The first-order valence-electron chi connectivity index (χ1n) is 7.91. The molecule has 138 valence electrons. The van der Waals surface area contributed by atoms with Crippen LogP contribution >= 0.6 is 11.3 Å². The highest BCUT2D eigenvalue weighted by molar-refractivity contribution is 7.09. The number of carbonyl (C=O) groups excluding carboxylic acids is 1. The van der Waals surface area contributed by atoms with Gasteiger partial charge in [-0.25, -0.2) is 9.97 Å². The van der Waals surface area contributed by atoms with Gasteiger partial charge in [-0.15, -0.1) is 20.1 Å². The first kappa shape index (κ1) is 17.3. The number of ether oxygens (including phenoxy) is 2. The number of amides is 1. The maximum atomic E-state index is 13.2. The van der Waals surface area contributed by atoms with Gasteiger partial charge in [0.2, 0.25) is 0 Å². The molecule has 0 aliphatic carbocycles. The number of halogens is 2. The molecule has 0 fully saturated rings. The van der Waals surface area contributed by atoms with Crippen molar-refractivity contribution in [1.29, 1.82) is 0 Å². The van der Waals surface area contributed by atoms with E-state index in [4.69, 9.17) is 0 Å². The highest BCUT2D eigenvalue weighted by Gasteiger charge is 2.43. The Morgan fingerprint density at radius 1 is 1.15 bits per heavy atom. The number of rotatable bonds is 3. The molecule has 1 aliphatic rings. The molecule has 3 aromatic rings. The Bertz CT molecular complexity index is 1030. The quantitative estimate of drug-likeness (QED) is 0.719. The molecule has 9 heteroatoms. The lowest BCUT2D eigenvalue weighted by atomic mass is 10.0. The van der Waals surface area contributed by atoms with E-state index in [1.807, 2.05) is 6.92 Å². The van der Waals surface area contributed by atoms with Crippen LogP contribution in [0.3, 0.4) is 0 Å². The molecule has 2 aromatic heterocycles. The molecular formula is C18H13F2N3O3S. The number of aromatic nitrogens is 2. The molecule has 1 N–H and O–H groups in total. The molecule has 1 aromatic carbocycles. The Morgan fingerprint density at radius 2 is 1.89 bits per heavy atom. The molecule has 6 nitrogen and oxygen atoms in total. The van der Waals surface area contributed by atoms with E-state index in [1.165, 1.54) is 23.5 Å². The number of anilines is 1. The predicted molar refractivity (Wildman–Crippen MR) is 95.4 cm³/mol. The van der Waals surface area contributed by atoms with E-state index in [0.717, 1.165) is 10.4 Å². The number of hydrogen-bond donors (Lipinski definition) is 1. The fourth-order valence-electron chi connectivity index (χ4n) is 2.73. The highest BCUT2D eigenvalue weighted by atomic mass is 32.1. The molecule has 1 aliphatic heterocycles. The third-order valence-electron chi connectivity index (χ3n) is 4.02. The van der Waals surface area contributed by atoms with Crippen LogP contribution in [0.25, 0.3) is 11.1 Å². The van der Waals surface area contributed by atoms with Crippen molar-refractivity contribution >= 4 is 23.1 Å². The Hall–Kier alpha value is -3.07. The fraction of sp³-hybridized carbons (Fsp3) is 0.167. The predicted octanol–water partition coefficient (Wildman–Crippen LogP) is 4.40. The number of aryl methyl sites for hydroxylation is 2. The third-order valence-corrected chi connectivity index (χ3v) is 4.78. The summed E-state index contributed by atoms with van der Waals surface area (Å²) in [6.45, 7) is 3.59. The average Bonchev–Trinajstić information content (AvgIpc) is 3.16. The lowest BCUT2D eigenvalue weighted by Crippen LogP contribution is -2.25. The lowest BCUT2D eigenvalue weighted by molar-refractivity contribution is -0.286. The van der Waals surface area contributed by atoms with Crippen LogP contribution in [0.4, 0.5) is 14.6 Å². The van der Waals surface area contributed by atoms with Gasteiger partial charge in [0.15, 0.2) is 11.5 Å². The molecule has 0 saturated heterocycles. The molecule has 0 saturated carbocycles. The average molecular weight is 389 g/mol. The summed E-state index contributed by atoms with van der Waals surface area (Å²) in [6, 6.07) is 6.35. The van der Waals surface area contributed by atoms with Crippen LogP contribution in [0, 0.1) is 13.8 Å². The standard InChI is InChI=1S/C18H13F2N3O3S/c1-9-5-13-14(26-18(19,20)25-13)6-12(9)11-3-4-15(21-7-11)23-17(24)16-10(2)27-8-22-16/h3-8H,1-2H3,(H,21,23,24). The molecule has 27 heavy (non-hydrogen) atoms. The second kappa shape index (κ2) is 6.27. The Morgan fingerprint density at radius 3 is 2.52 bits per heavy atom. The maximum Gasteiger partial charge on any atom is 0.586 e. The van der Waals surface area contributed by atoms with Gasteiger partial charge < -0.3 is 14.8 Å². The van der Waals surface area contributed by atoms with E-state index in [1.54, 1.807) is 30.8 Å². The smallest absolute Gasteiger partial charge is 0.395 e. The summed E-state index contributed by atoms with van der Waals surface area (Å²) in [4.78, 5) is 21.2. The van der Waals surface area contributed by atoms with Crippen LogP contribution in [-0.4, -0.2) is 22.2 Å². The largest absolute Gasteiger partial charge is 0.586 e. The maximum absolute atomic E-state index is 13.2. The van der Waals surface area contributed by atoms with Gasteiger partial charge in [-0.1, -0.05) is 0 Å². The van der Waals surface area contributed by atoms with Gasteiger partial charge in [0.05, 0.1) is 5.51 Å². The molecule has 0 spiro atoms. The van der Waals surface area contributed by atoms with Crippen LogP contribution < -0.4 is 14.8 Å². The normalized spacial score (nSPS) is 14.2. The lowest BCUT2D eigenvalue weighted by Gasteiger charge is -2.08. The fourth-order valence-corrected chi connectivity index (χ4v) is 3.31. The molecule has 4 rings (SSSR count). The van der Waals surface area contributed by atoms with Crippen LogP contribution in [0.2, 0.25) is 0 Å². The monoisotopic (exact) mass is 389 g/mol. The Labute approximate surface area is 156 Å². The Kier molecular flexibility index (Phi) is 4.03. The summed E-state index contributed by atoms with van der Waals surface area (Å²) in [6.07, 6.45) is -2.11. The van der Waals surface area contributed by atoms with Gasteiger partial charge in [0.1, 0.15) is 11.5 Å². The van der Waals surface area contributed by atoms with Crippen LogP contribution in [-0.2, 0) is 0 Å².